The number of nitrogens with zero attached hydrogens (tertiary/aromatic N) is 2. The van der Waals surface area contributed by atoms with Gasteiger partial charge in [-0.1, -0.05) is 17.7 Å². The molecule has 4 nitrogen and oxygen atoms in total. The summed E-state index contributed by atoms with van der Waals surface area (Å²) < 4.78 is 36.8. The first-order valence-electron chi connectivity index (χ1n) is 5.21. The fourth-order valence-electron chi connectivity index (χ4n) is 1.14. The Hall–Kier alpha value is -2.18. The Bertz CT molecular complexity index is 531. The molecule has 19 heavy (non-hydrogen) atoms. The Labute approximate surface area is 107 Å². The van der Waals surface area contributed by atoms with Gasteiger partial charge in [-0.15, -0.1) is 5.11 Å². The molecule has 1 rings (SSSR count). The second kappa shape index (κ2) is 5.64. The van der Waals surface area contributed by atoms with E-state index < -0.39 is 23.4 Å². The van der Waals surface area contributed by atoms with Gasteiger partial charge in [-0.05, 0) is 19.1 Å². The van der Waals surface area contributed by atoms with Crippen LogP contribution in [0.3, 0.4) is 0 Å². The molecule has 0 bridgehead atoms. The fraction of sp³-hybridized carbons (Fsp3) is 0.250. The Morgan fingerprint density at radius 2 is 1.74 bits per heavy atom. The predicted octanol–water partition coefficient (Wildman–Crippen LogP) is 4.00. The lowest BCUT2D eigenvalue weighted by Crippen LogP contribution is -2.16. The zero-order valence-electron chi connectivity index (χ0n) is 10.2. The largest absolute Gasteiger partial charge is 0.503 e. The summed E-state index contributed by atoms with van der Waals surface area (Å²) in [4.78, 5) is 11.0. The van der Waals surface area contributed by atoms with Gasteiger partial charge >= 0.3 is 6.18 Å². The second-order valence-corrected chi connectivity index (χ2v) is 3.79. The molecule has 0 heterocycles. The van der Waals surface area contributed by atoms with Gasteiger partial charge in [0.15, 0.2) is 11.5 Å². The average molecular weight is 272 g/mol. The van der Waals surface area contributed by atoms with E-state index in [-0.39, 0.29) is 5.69 Å². The highest BCUT2D eigenvalue weighted by Crippen LogP contribution is 2.27. The standard InChI is InChI=1S/C12H11F3N2O2/c1-7-3-5-9(6-4-7)16-17-10(8(2)18)11(19)12(13,14)15/h3-6,19H,1-2H3. The molecule has 0 aliphatic heterocycles. The maximum atomic E-state index is 12.3. The summed E-state index contributed by atoms with van der Waals surface area (Å²) in [5.74, 6) is -3.07. The normalized spacial score (nSPS) is 13.5. The van der Waals surface area contributed by atoms with Crippen LogP contribution in [0.5, 0.6) is 0 Å². The number of halogens is 3. The third-order valence-electron chi connectivity index (χ3n) is 2.13. The highest BCUT2D eigenvalue weighted by Gasteiger charge is 2.38. The van der Waals surface area contributed by atoms with Crippen molar-refractivity contribution in [2.45, 2.75) is 20.0 Å². The first-order valence-corrected chi connectivity index (χ1v) is 5.21. The smallest absolute Gasteiger partial charge is 0.451 e. The van der Waals surface area contributed by atoms with E-state index >= 15 is 0 Å². The minimum Gasteiger partial charge on any atom is -0.503 e. The molecule has 0 radical (unpaired) electrons. The number of Topliss-reactive ketones (excluding diaryl/α,β-unsaturated/α-hetero) is 1. The van der Waals surface area contributed by atoms with Crippen molar-refractivity contribution in [2.24, 2.45) is 10.2 Å². The van der Waals surface area contributed by atoms with Crippen LogP contribution in [0, 0.1) is 6.92 Å². The van der Waals surface area contributed by atoms with Crippen LogP contribution in [0.4, 0.5) is 18.9 Å². The summed E-state index contributed by atoms with van der Waals surface area (Å²) in [5.41, 5.74) is 0.104. The van der Waals surface area contributed by atoms with Crippen molar-refractivity contribution in [2.75, 3.05) is 0 Å². The highest BCUT2D eigenvalue weighted by atomic mass is 19.4. The van der Waals surface area contributed by atoms with Gasteiger partial charge in [0.2, 0.25) is 5.76 Å². The number of aliphatic hydroxyl groups is 1. The van der Waals surface area contributed by atoms with E-state index in [1.54, 1.807) is 12.1 Å². The molecule has 0 aliphatic rings. The third kappa shape index (κ3) is 4.20. The van der Waals surface area contributed by atoms with Crippen molar-refractivity contribution < 1.29 is 23.1 Å². The number of aliphatic hydroxyl groups excluding tert-OH is 1. The van der Waals surface area contributed by atoms with Gasteiger partial charge < -0.3 is 5.11 Å². The fourth-order valence-corrected chi connectivity index (χ4v) is 1.14. The van der Waals surface area contributed by atoms with Gasteiger partial charge in [-0.2, -0.15) is 18.3 Å². The van der Waals surface area contributed by atoms with Crippen LogP contribution in [0.1, 0.15) is 12.5 Å². The molecular weight excluding hydrogens is 261 g/mol. The monoisotopic (exact) mass is 272 g/mol. The summed E-state index contributed by atoms with van der Waals surface area (Å²) in [6.07, 6.45) is -5.03. The molecule has 1 N–H and O–H groups in total. The number of rotatable bonds is 3. The highest BCUT2D eigenvalue weighted by molar-refractivity contribution is 5.93. The molecule has 7 heteroatoms. The van der Waals surface area contributed by atoms with Crippen molar-refractivity contribution >= 4 is 11.5 Å². The van der Waals surface area contributed by atoms with Crippen molar-refractivity contribution in [3.05, 3.63) is 41.3 Å². The van der Waals surface area contributed by atoms with Crippen LogP contribution < -0.4 is 0 Å². The van der Waals surface area contributed by atoms with Gasteiger partial charge in [0.05, 0.1) is 5.69 Å². The van der Waals surface area contributed by atoms with Crippen molar-refractivity contribution in [3.8, 4) is 0 Å². The first kappa shape index (κ1) is 14.9. The van der Waals surface area contributed by atoms with E-state index in [0.717, 1.165) is 12.5 Å². The van der Waals surface area contributed by atoms with Crippen LogP contribution in [-0.4, -0.2) is 17.1 Å². The van der Waals surface area contributed by atoms with Gasteiger partial charge in [-0.3, -0.25) is 4.79 Å². The van der Waals surface area contributed by atoms with Gasteiger partial charge in [0.1, 0.15) is 0 Å². The number of carbonyl (C=O) groups excluding carboxylic acids is 1. The SMILES string of the molecule is CC(=O)C(N=Nc1ccc(C)cc1)=C(O)C(F)(F)F. The van der Waals surface area contributed by atoms with E-state index in [2.05, 4.69) is 10.2 Å². The number of allylic oxidation sites excluding steroid dienone is 2. The topological polar surface area (TPSA) is 62.0 Å². The van der Waals surface area contributed by atoms with Crippen molar-refractivity contribution in [3.63, 3.8) is 0 Å². The van der Waals surface area contributed by atoms with E-state index in [1.165, 1.54) is 12.1 Å². The minimum absolute atomic E-state index is 0.277. The number of carbonyl (C=O) groups is 1. The lowest BCUT2D eigenvalue weighted by Gasteiger charge is -2.06. The van der Waals surface area contributed by atoms with Gasteiger partial charge in [0.25, 0.3) is 0 Å². The van der Waals surface area contributed by atoms with E-state index in [9.17, 15) is 18.0 Å². The van der Waals surface area contributed by atoms with Crippen LogP contribution in [-0.2, 0) is 4.79 Å². The van der Waals surface area contributed by atoms with Gasteiger partial charge in [0, 0.05) is 6.92 Å². The number of hydrogen-bond acceptors (Lipinski definition) is 4. The molecule has 0 aliphatic carbocycles. The molecule has 1 aromatic carbocycles. The summed E-state index contributed by atoms with van der Waals surface area (Å²) in [6.45, 7) is 2.70. The Morgan fingerprint density at radius 1 is 1.21 bits per heavy atom. The quantitative estimate of drug-likeness (QED) is 0.513. The molecular formula is C12H11F3N2O2. The molecule has 0 amide bonds. The number of benzene rings is 1. The maximum Gasteiger partial charge on any atom is 0.451 e. The van der Waals surface area contributed by atoms with E-state index in [0.29, 0.717) is 0 Å². The van der Waals surface area contributed by atoms with Crippen LogP contribution in [0.2, 0.25) is 0 Å². The summed E-state index contributed by atoms with van der Waals surface area (Å²) in [7, 11) is 0. The summed E-state index contributed by atoms with van der Waals surface area (Å²) >= 11 is 0. The van der Waals surface area contributed by atoms with Crippen LogP contribution >= 0.6 is 0 Å². The van der Waals surface area contributed by atoms with Crippen molar-refractivity contribution in [1.82, 2.24) is 0 Å². The lowest BCUT2D eigenvalue weighted by molar-refractivity contribution is -0.126. The Morgan fingerprint density at radius 3 is 2.16 bits per heavy atom. The zero-order chi connectivity index (χ0) is 14.6. The third-order valence-corrected chi connectivity index (χ3v) is 2.13. The molecule has 0 fully saturated rings. The number of alkyl halides is 3. The molecule has 0 aromatic heterocycles. The first-order chi connectivity index (χ1) is 8.71. The second-order valence-electron chi connectivity index (χ2n) is 3.79. The molecule has 0 spiro atoms. The lowest BCUT2D eigenvalue weighted by atomic mass is 10.2. The number of aryl methyl sites for hydroxylation is 1. The van der Waals surface area contributed by atoms with Gasteiger partial charge in [-0.25, -0.2) is 0 Å². The summed E-state index contributed by atoms with van der Waals surface area (Å²) in [6, 6.07) is 6.44. The molecule has 0 atom stereocenters. The number of azo groups is 1. The molecule has 0 saturated carbocycles. The molecule has 0 unspecified atom stereocenters. The van der Waals surface area contributed by atoms with Crippen LogP contribution in [0.25, 0.3) is 0 Å². The predicted molar refractivity (Wildman–Crippen MR) is 62.1 cm³/mol. The van der Waals surface area contributed by atoms with Crippen LogP contribution in [0.15, 0.2) is 46.0 Å². The molecule has 1 aromatic rings. The minimum atomic E-state index is -5.03. The molecule has 102 valence electrons. The van der Waals surface area contributed by atoms with Crippen molar-refractivity contribution in [1.29, 1.82) is 0 Å². The molecule has 0 saturated heterocycles. The maximum absolute atomic E-state index is 12.3. The van der Waals surface area contributed by atoms with E-state index in [1.807, 2.05) is 6.92 Å². The number of ketones is 1. The summed E-state index contributed by atoms with van der Waals surface area (Å²) in [5, 5.41) is 15.6. The number of hydrogen-bond donors (Lipinski definition) is 1. The average Bonchev–Trinajstić information content (AvgIpc) is 2.30. The zero-order valence-corrected chi connectivity index (χ0v) is 10.2. The Balaban J connectivity index is 3.11. The Kier molecular flexibility index (Phi) is 4.42. The van der Waals surface area contributed by atoms with E-state index in [4.69, 9.17) is 5.11 Å².